The Hall–Kier alpha value is -2.06. The minimum Gasteiger partial charge on any atom is -0.423 e. The van der Waals surface area contributed by atoms with Crippen molar-refractivity contribution in [1.29, 1.82) is 0 Å². The maximum atomic E-state index is 12.0. The maximum Gasteiger partial charge on any atom is 0.343 e. The van der Waals surface area contributed by atoms with E-state index in [9.17, 15) is 13.9 Å². The van der Waals surface area contributed by atoms with Crippen LogP contribution in [-0.4, -0.2) is 28.8 Å². The molecule has 0 atom stereocenters. The van der Waals surface area contributed by atoms with Gasteiger partial charge in [-0.15, -0.1) is 10.8 Å². The molecule has 0 bridgehead atoms. The van der Waals surface area contributed by atoms with E-state index in [1.807, 2.05) is 18.0 Å². The smallest absolute Gasteiger partial charge is 0.343 e. The summed E-state index contributed by atoms with van der Waals surface area (Å²) < 4.78 is 28.1. The van der Waals surface area contributed by atoms with Crippen LogP contribution in [0.5, 0.6) is 5.75 Å². The predicted octanol–water partition coefficient (Wildman–Crippen LogP) is 2.93. The number of carbonyl (C=O) groups excluding carboxylic acids is 1. The molecule has 0 saturated heterocycles. The molecule has 6 nitrogen and oxygen atoms in total. The highest BCUT2D eigenvalue weighted by molar-refractivity contribution is 8.22. The summed E-state index contributed by atoms with van der Waals surface area (Å²) in [5.41, 5.74) is 1.13. The summed E-state index contributed by atoms with van der Waals surface area (Å²) in [5.74, 6) is -0.223. The number of carbonyl (C=O) groups is 1. The van der Waals surface area contributed by atoms with Crippen LogP contribution in [0.15, 0.2) is 53.4 Å². The number of ether oxygens (including phenoxy) is 1. The Labute approximate surface area is 129 Å². The molecule has 1 aliphatic heterocycles. The van der Waals surface area contributed by atoms with Gasteiger partial charge >= 0.3 is 5.97 Å². The fraction of sp³-hybridized carbons (Fsp3) is 0.133. The van der Waals surface area contributed by atoms with Gasteiger partial charge in [-0.2, -0.15) is 4.72 Å². The van der Waals surface area contributed by atoms with Crippen LogP contribution in [0.4, 0.5) is 5.69 Å². The Morgan fingerprint density at radius 2 is 1.95 bits per heavy atom. The van der Waals surface area contributed by atoms with Crippen molar-refractivity contribution in [2.24, 2.45) is 0 Å². The first-order valence-electron chi connectivity index (χ1n) is 6.63. The molecule has 0 fully saturated rings. The lowest BCUT2D eigenvalue weighted by atomic mass is 10.2. The van der Waals surface area contributed by atoms with Gasteiger partial charge in [0.1, 0.15) is 10.6 Å². The third-order valence-electron chi connectivity index (χ3n) is 3.37. The Balaban J connectivity index is 1.89. The van der Waals surface area contributed by atoms with Gasteiger partial charge in [0, 0.05) is 13.1 Å². The number of fused-ring (bicyclic) bond motifs is 1. The van der Waals surface area contributed by atoms with Crippen molar-refractivity contribution in [1.82, 2.24) is 4.72 Å². The van der Waals surface area contributed by atoms with Crippen LogP contribution in [-0.2, 0) is 0 Å². The van der Waals surface area contributed by atoms with Gasteiger partial charge in [-0.1, -0.05) is 18.2 Å². The third kappa shape index (κ3) is 2.79. The van der Waals surface area contributed by atoms with Crippen molar-refractivity contribution < 1.29 is 18.6 Å². The van der Waals surface area contributed by atoms with Crippen molar-refractivity contribution >= 4 is 22.4 Å². The Bertz CT molecular complexity index is 706. The predicted molar refractivity (Wildman–Crippen MR) is 85.4 cm³/mol. The van der Waals surface area contributed by atoms with E-state index in [1.165, 1.54) is 6.07 Å². The molecule has 0 aromatic heterocycles. The zero-order valence-corrected chi connectivity index (χ0v) is 12.7. The number of rotatable bonds is 2. The molecular weight excluding hydrogens is 304 g/mol. The normalized spacial score (nSPS) is 17.5. The Kier molecular flexibility index (Phi) is 3.79. The monoisotopic (exact) mass is 320 g/mol. The summed E-state index contributed by atoms with van der Waals surface area (Å²) in [5, 5.41) is 0. The van der Waals surface area contributed by atoms with Crippen LogP contribution in [0.3, 0.4) is 0 Å². The number of nitrogens with one attached hydrogen (secondary N) is 1. The summed E-state index contributed by atoms with van der Waals surface area (Å²) in [4.78, 5) is 14.2. The molecule has 1 heterocycles. The molecule has 116 valence electrons. The highest BCUT2D eigenvalue weighted by Gasteiger charge is 2.27. The van der Waals surface area contributed by atoms with Gasteiger partial charge in [0.25, 0.3) is 0 Å². The number of hydrogen-bond acceptors (Lipinski definition) is 6. The lowest BCUT2D eigenvalue weighted by Crippen LogP contribution is -2.38. The number of benzene rings is 2. The minimum absolute atomic E-state index is 0.268. The second-order valence-electron chi connectivity index (χ2n) is 4.93. The topological polar surface area (TPSA) is 82.0 Å². The van der Waals surface area contributed by atoms with Crippen molar-refractivity contribution in [2.45, 2.75) is 4.90 Å². The first-order chi connectivity index (χ1) is 10.5. The van der Waals surface area contributed by atoms with Gasteiger partial charge in [0.2, 0.25) is 0 Å². The molecule has 0 radical (unpaired) electrons. The summed E-state index contributed by atoms with van der Waals surface area (Å²) >= 11 is 0. The third-order valence-corrected chi connectivity index (χ3v) is 4.84. The van der Waals surface area contributed by atoms with Gasteiger partial charge in [-0.3, -0.25) is 9.11 Å². The average molecular weight is 320 g/mol. The second kappa shape index (κ2) is 5.62. The van der Waals surface area contributed by atoms with Crippen molar-refractivity contribution in [2.75, 3.05) is 18.6 Å². The highest BCUT2D eigenvalue weighted by Crippen LogP contribution is 2.52. The van der Waals surface area contributed by atoms with Crippen LogP contribution in [0, 0.1) is 0 Å². The highest BCUT2D eigenvalue weighted by atomic mass is 32.3. The van der Waals surface area contributed by atoms with Crippen LogP contribution in [0.1, 0.15) is 10.4 Å². The molecule has 2 aromatic rings. The summed E-state index contributed by atoms with van der Waals surface area (Å²) in [6.07, 6.45) is 0. The van der Waals surface area contributed by atoms with Gasteiger partial charge in [0.15, 0.2) is 0 Å². The van der Waals surface area contributed by atoms with Crippen molar-refractivity contribution in [3.8, 4) is 5.75 Å². The Morgan fingerprint density at radius 3 is 2.68 bits per heavy atom. The zero-order valence-electron chi connectivity index (χ0n) is 11.9. The maximum absolute atomic E-state index is 12.0. The fourth-order valence-electron chi connectivity index (χ4n) is 2.19. The number of hydrogen-bond donors (Lipinski definition) is 3. The molecule has 2 aromatic carbocycles. The summed E-state index contributed by atoms with van der Waals surface area (Å²) in [6, 6.07) is 13.4. The molecule has 0 unspecified atom stereocenters. The van der Waals surface area contributed by atoms with Crippen LogP contribution in [0.2, 0.25) is 0 Å². The van der Waals surface area contributed by atoms with E-state index >= 15 is 0 Å². The minimum atomic E-state index is -3.08. The van der Waals surface area contributed by atoms with Crippen LogP contribution >= 0.6 is 10.8 Å². The zero-order chi connectivity index (χ0) is 15.7. The molecule has 0 aliphatic carbocycles. The molecule has 22 heavy (non-hydrogen) atoms. The van der Waals surface area contributed by atoms with Gasteiger partial charge in [-0.25, -0.2) is 4.79 Å². The first-order valence-corrected chi connectivity index (χ1v) is 8.17. The van der Waals surface area contributed by atoms with E-state index in [1.54, 1.807) is 36.4 Å². The lowest BCUT2D eigenvalue weighted by molar-refractivity contribution is 0.0734. The van der Waals surface area contributed by atoms with Crippen LogP contribution in [0.25, 0.3) is 0 Å². The van der Waals surface area contributed by atoms with E-state index in [-0.39, 0.29) is 5.75 Å². The van der Waals surface area contributed by atoms with E-state index in [0.717, 1.165) is 0 Å². The van der Waals surface area contributed by atoms with E-state index in [4.69, 9.17) is 4.74 Å². The molecule has 3 N–H and O–H groups in total. The average Bonchev–Trinajstić information content (AvgIpc) is 2.52. The number of anilines is 1. The molecule has 3 rings (SSSR count). The van der Waals surface area contributed by atoms with E-state index in [0.29, 0.717) is 22.8 Å². The van der Waals surface area contributed by atoms with Gasteiger partial charge < -0.3 is 9.64 Å². The van der Waals surface area contributed by atoms with Gasteiger partial charge in [0.05, 0.1) is 17.9 Å². The van der Waals surface area contributed by atoms with Crippen molar-refractivity contribution in [3.63, 3.8) is 0 Å². The second-order valence-corrected chi connectivity index (χ2v) is 6.76. The molecule has 7 heteroatoms. The largest absolute Gasteiger partial charge is 0.423 e. The molecule has 0 saturated carbocycles. The van der Waals surface area contributed by atoms with E-state index in [2.05, 4.69) is 4.72 Å². The van der Waals surface area contributed by atoms with Gasteiger partial charge in [-0.05, 0) is 24.3 Å². The Morgan fingerprint density at radius 1 is 1.23 bits per heavy atom. The lowest BCUT2D eigenvalue weighted by Gasteiger charge is -2.42. The van der Waals surface area contributed by atoms with Crippen molar-refractivity contribution in [3.05, 3.63) is 54.1 Å². The fourth-order valence-corrected chi connectivity index (χ4v) is 3.52. The first kappa shape index (κ1) is 14.9. The molecule has 0 spiro atoms. The quantitative estimate of drug-likeness (QED) is 0.583. The summed E-state index contributed by atoms with van der Waals surface area (Å²) in [6.45, 7) is 0.332. The number of nitrogens with zero attached hydrogens (tertiary/aromatic N) is 1. The van der Waals surface area contributed by atoms with Crippen LogP contribution < -0.4 is 14.4 Å². The molecule has 1 aliphatic rings. The standard InChI is InChI=1S/C15H16N2O4S/c1-17-10-16-22(19,20)14-9-12(7-8-13(14)17)21-15(18)11-5-3-2-4-6-11/h2-9,16,19-20H,10H2,1H3. The molecule has 0 amide bonds. The summed E-state index contributed by atoms with van der Waals surface area (Å²) in [7, 11) is -1.25. The SMILES string of the molecule is CN1CNS(O)(O)c2cc(OC(=O)c3ccccc3)ccc21. The van der Waals surface area contributed by atoms with E-state index < -0.39 is 16.7 Å². The number of esters is 1. The molecular formula is C15H16N2O4S.